The summed E-state index contributed by atoms with van der Waals surface area (Å²) >= 11 is 0. The Balaban J connectivity index is 1.01. The van der Waals surface area contributed by atoms with Crippen LogP contribution < -0.4 is 9.80 Å². The average molecular weight is 917 g/mol. The summed E-state index contributed by atoms with van der Waals surface area (Å²) in [5.74, 6) is 0. The number of nitrogens with zero attached hydrogens (tertiary/aromatic N) is 2. The number of anilines is 6. The van der Waals surface area contributed by atoms with Crippen LogP contribution in [0.15, 0.2) is 179 Å². The highest BCUT2D eigenvalue weighted by molar-refractivity contribution is 6.30. The van der Waals surface area contributed by atoms with Gasteiger partial charge in [0, 0.05) is 66.4 Å². The van der Waals surface area contributed by atoms with Crippen molar-refractivity contribution in [2.75, 3.05) is 9.80 Å². The predicted molar refractivity (Wildman–Crippen MR) is 300 cm³/mol. The van der Waals surface area contributed by atoms with E-state index in [9.17, 15) is 0 Å². The maximum Gasteiger partial charge on any atom is 0.143 e. The first-order valence-electron chi connectivity index (χ1n) is 24.9. The molecule has 0 saturated carbocycles. The lowest BCUT2D eigenvalue weighted by Crippen LogP contribution is -2.14. The molecule has 70 heavy (non-hydrogen) atoms. The van der Waals surface area contributed by atoms with Crippen molar-refractivity contribution in [2.45, 2.75) is 105 Å². The Morgan fingerprint density at radius 3 is 0.800 bits per heavy atom. The molecule has 9 aromatic carbocycles. The van der Waals surface area contributed by atoms with E-state index in [1.807, 2.05) is 0 Å². The van der Waals surface area contributed by atoms with E-state index in [-0.39, 0.29) is 21.7 Å². The van der Waals surface area contributed by atoms with Crippen molar-refractivity contribution in [2.24, 2.45) is 0 Å². The number of hydrogen-bond donors (Lipinski definition) is 0. The van der Waals surface area contributed by atoms with E-state index in [0.29, 0.717) is 0 Å². The van der Waals surface area contributed by atoms with Gasteiger partial charge in [-0.1, -0.05) is 144 Å². The molecular weight excluding hydrogens is 853 g/mol. The second kappa shape index (κ2) is 16.1. The molecule has 4 heteroatoms. The number of hydrogen-bond acceptors (Lipinski definition) is 4. The second-order valence-electron chi connectivity index (χ2n) is 23.6. The topological polar surface area (TPSA) is 32.8 Å². The highest BCUT2D eigenvalue weighted by atomic mass is 16.3. The summed E-state index contributed by atoms with van der Waals surface area (Å²) in [6, 6.07) is 62.7. The van der Waals surface area contributed by atoms with Crippen LogP contribution in [0.3, 0.4) is 0 Å². The van der Waals surface area contributed by atoms with Crippen LogP contribution in [0.4, 0.5) is 34.1 Å². The quantitative estimate of drug-likeness (QED) is 0.166. The molecule has 0 unspecified atom stereocenters. The molecule has 2 heterocycles. The van der Waals surface area contributed by atoms with Gasteiger partial charge in [-0.15, -0.1) is 0 Å². The zero-order valence-corrected chi connectivity index (χ0v) is 42.9. The first kappa shape index (κ1) is 45.2. The van der Waals surface area contributed by atoms with Gasteiger partial charge >= 0.3 is 0 Å². The molecule has 0 fully saturated rings. The second-order valence-corrected chi connectivity index (χ2v) is 23.6. The van der Waals surface area contributed by atoms with Gasteiger partial charge in [0.1, 0.15) is 22.3 Å². The average Bonchev–Trinajstić information content (AvgIpc) is 3.90. The normalized spacial score (nSPS) is 12.9. The van der Waals surface area contributed by atoms with Crippen LogP contribution >= 0.6 is 0 Å². The van der Waals surface area contributed by atoms with Gasteiger partial charge < -0.3 is 18.6 Å². The van der Waals surface area contributed by atoms with Crippen molar-refractivity contribution in [3.63, 3.8) is 0 Å². The Morgan fingerprint density at radius 1 is 0.271 bits per heavy atom. The zero-order chi connectivity index (χ0) is 49.1. The van der Waals surface area contributed by atoms with Gasteiger partial charge in [0.25, 0.3) is 0 Å². The molecule has 0 aliphatic carbocycles. The number of fused-ring (bicyclic) bond motifs is 11. The van der Waals surface area contributed by atoms with Crippen LogP contribution in [-0.2, 0) is 21.7 Å². The highest BCUT2D eigenvalue weighted by Crippen LogP contribution is 2.46. The van der Waals surface area contributed by atoms with Crippen molar-refractivity contribution in [3.8, 4) is 0 Å². The first-order chi connectivity index (χ1) is 33.2. The summed E-state index contributed by atoms with van der Waals surface area (Å²) in [5, 5.41) is 8.71. The Morgan fingerprint density at radius 2 is 0.529 bits per heavy atom. The Hall–Kier alpha value is -7.30. The Labute approximate surface area is 413 Å². The Kier molecular flexibility index (Phi) is 10.4. The lowest BCUT2D eigenvalue weighted by molar-refractivity contribution is 0.590. The molecule has 0 spiro atoms. The van der Waals surface area contributed by atoms with Crippen molar-refractivity contribution >= 4 is 99.5 Å². The van der Waals surface area contributed by atoms with Gasteiger partial charge in [-0.3, -0.25) is 0 Å². The molecule has 11 rings (SSSR count). The molecule has 0 radical (unpaired) electrons. The summed E-state index contributed by atoms with van der Waals surface area (Å²) in [6.07, 6.45) is 0. The molecule has 0 aliphatic rings. The molecule has 0 aliphatic heterocycles. The zero-order valence-electron chi connectivity index (χ0n) is 42.9. The standard InChI is InChI=1S/C66H64N2O2/c1-63(2,3)43-15-23-47(24-16-43)67(48-25-17-44(18-26-48)64(4,5)6)51-31-35-53-41(39-51)13-33-55-59-57(69-61(53)55)37-38-58-60(59)56-34-14-42-40-52(32-36-54(42)62(56)70-58)68(49-27-19-45(20-28-49)65(7,8)9)50-29-21-46(22-30-50)66(10,11)12/h13-40H,1-12H3. The fourth-order valence-electron chi connectivity index (χ4n) is 10.3. The molecular formula is C66H64N2O2. The fraction of sp³-hybridized carbons (Fsp3) is 0.242. The van der Waals surface area contributed by atoms with Gasteiger partial charge in [0.2, 0.25) is 0 Å². The lowest BCUT2D eigenvalue weighted by atomic mass is 9.86. The molecule has 11 aromatic rings. The lowest BCUT2D eigenvalue weighted by Gasteiger charge is -2.28. The van der Waals surface area contributed by atoms with Gasteiger partial charge in [-0.2, -0.15) is 0 Å². The van der Waals surface area contributed by atoms with E-state index in [1.165, 1.54) is 22.3 Å². The summed E-state index contributed by atoms with van der Waals surface area (Å²) in [7, 11) is 0. The van der Waals surface area contributed by atoms with E-state index in [0.717, 1.165) is 99.5 Å². The minimum atomic E-state index is 0.0631. The highest BCUT2D eigenvalue weighted by Gasteiger charge is 2.24. The van der Waals surface area contributed by atoms with E-state index >= 15 is 0 Å². The predicted octanol–water partition coefficient (Wildman–Crippen LogP) is 19.9. The van der Waals surface area contributed by atoms with Crippen LogP contribution in [0, 0.1) is 0 Å². The maximum absolute atomic E-state index is 6.86. The third-order valence-electron chi connectivity index (χ3n) is 14.5. The summed E-state index contributed by atoms with van der Waals surface area (Å²) in [6.45, 7) is 27.2. The number of benzene rings is 9. The van der Waals surface area contributed by atoms with Crippen LogP contribution in [-0.4, -0.2) is 0 Å². The van der Waals surface area contributed by atoms with Crippen molar-refractivity contribution in [1.29, 1.82) is 0 Å². The van der Waals surface area contributed by atoms with Gasteiger partial charge in [-0.25, -0.2) is 0 Å². The molecule has 0 atom stereocenters. The molecule has 0 amide bonds. The molecule has 4 nitrogen and oxygen atoms in total. The van der Waals surface area contributed by atoms with Crippen molar-refractivity contribution in [3.05, 3.63) is 192 Å². The van der Waals surface area contributed by atoms with Crippen molar-refractivity contribution < 1.29 is 8.83 Å². The number of rotatable bonds is 6. The monoisotopic (exact) mass is 916 g/mol. The fourth-order valence-corrected chi connectivity index (χ4v) is 10.3. The minimum absolute atomic E-state index is 0.0631. The van der Waals surface area contributed by atoms with Gasteiger partial charge in [0.05, 0.1) is 0 Å². The maximum atomic E-state index is 6.86. The summed E-state index contributed by atoms with van der Waals surface area (Å²) < 4.78 is 13.7. The molecule has 0 saturated heterocycles. The molecule has 0 bridgehead atoms. The van der Waals surface area contributed by atoms with E-state index < -0.39 is 0 Å². The first-order valence-corrected chi connectivity index (χ1v) is 24.9. The number of furan rings is 2. The Bertz CT molecular complexity index is 3400. The van der Waals surface area contributed by atoms with Gasteiger partial charge in [-0.05, 0) is 164 Å². The minimum Gasteiger partial charge on any atom is -0.455 e. The summed E-state index contributed by atoms with van der Waals surface area (Å²) in [5.41, 5.74) is 15.6. The third kappa shape index (κ3) is 7.88. The largest absolute Gasteiger partial charge is 0.455 e. The molecule has 2 aromatic heterocycles. The third-order valence-corrected chi connectivity index (χ3v) is 14.5. The van der Waals surface area contributed by atoms with E-state index in [1.54, 1.807) is 0 Å². The van der Waals surface area contributed by atoms with Crippen LogP contribution in [0.2, 0.25) is 0 Å². The summed E-state index contributed by atoms with van der Waals surface area (Å²) in [4.78, 5) is 4.73. The smallest absolute Gasteiger partial charge is 0.143 e. The van der Waals surface area contributed by atoms with Gasteiger partial charge in [0.15, 0.2) is 0 Å². The van der Waals surface area contributed by atoms with Crippen molar-refractivity contribution in [1.82, 2.24) is 0 Å². The molecule has 350 valence electrons. The van der Waals surface area contributed by atoms with Crippen LogP contribution in [0.5, 0.6) is 0 Å². The van der Waals surface area contributed by atoms with Crippen LogP contribution in [0.1, 0.15) is 105 Å². The van der Waals surface area contributed by atoms with Crippen LogP contribution in [0.25, 0.3) is 65.4 Å². The molecule has 0 N–H and O–H groups in total. The van der Waals surface area contributed by atoms with E-state index in [2.05, 4.69) is 263 Å². The SMILES string of the molecule is CC(C)(C)c1ccc(N(c2ccc(C(C)(C)C)cc2)c2ccc3c(ccc4c3oc3ccc5oc6c7ccc(N(c8ccc(C(C)(C)C)cc8)c8ccc(C(C)(C)C)cc8)cc7ccc6c5c34)c2)cc1. The van der Waals surface area contributed by atoms with E-state index in [4.69, 9.17) is 8.83 Å².